The van der Waals surface area contributed by atoms with Crippen LogP contribution in [0.15, 0.2) is 0 Å². The Balaban J connectivity index is 1.63. The molecule has 2 N–H and O–H groups in total. The number of hydrogen-bond acceptors (Lipinski definition) is 5. The van der Waals surface area contributed by atoms with Crippen LogP contribution in [0.2, 0.25) is 0 Å². The molecule has 2 amide bonds. The molecular formula is C14H25N3O5S. The van der Waals surface area contributed by atoms with E-state index < -0.39 is 21.8 Å². The Labute approximate surface area is 137 Å². The number of nitrogens with zero attached hydrogens (tertiary/aromatic N) is 1. The number of nitrogens with one attached hydrogen (secondary N) is 2. The van der Waals surface area contributed by atoms with Gasteiger partial charge in [-0.25, -0.2) is 12.7 Å². The molecule has 132 valence electrons. The standard InChI is InChI=1S/C14H25N3O5S/c1-23(20,21)17-6-4-11(5-7-17)9-15-13(18)14(19)16-10-12-3-2-8-22-12/h11-12H,2-10H2,1H3,(H,15,18)(H,16,19)/t12-/m1/s1. The van der Waals surface area contributed by atoms with E-state index in [1.165, 1.54) is 10.6 Å². The van der Waals surface area contributed by atoms with Gasteiger partial charge in [-0.2, -0.15) is 0 Å². The molecule has 2 saturated heterocycles. The topological polar surface area (TPSA) is 105 Å². The highest BCUT2D eigenvalue weighted by Crippen LogP contribution is 2.18. The molecule has 8 nitrogen and oxygen atoms in total. The van der Waals surface area contributed by atoms with Crippen LogP contribution in [0.25, 0.3) is 0 Å². The summed E-state index contributed by atoms with van der Waals surface area (Å²) >= 11 is 0. The summed E-state index contributed by atoms with van der Waals surface area (Å²) in [7, 11) is -3.14. The van der Waals surface area contributed by atoms with E-state index in [1.54, 1.807) is 0 Å². The lowest BCUT2D eigenvalue weighted by Crippen LogP contribution is -2.45. The van der Waals surface area contributed by atoms with Gasteiger partial charge in [-0.15, -0.1) is 0 Å². The number of hydrogen-bond donors (Lipinski definition) is 2. The van der Waals surface area contributed by atoms with Crippen molar-refractivity contribution in [1.82, 2.24) is 14.9 Å². The van der Waals surface area contributed by atoms with Gasteiger partial charge >= 0.3 is 11.8 Å². The first-order valence-corrected chi connectivity index (χ1v) is 9.84. The van der Waals surface area contributed by atoms with Gasteiger partial charge in [0.05, 0.1) is 12.4 Å². The number of carbonyl (C=O) groups excluding carboxylic acids is 2. The molecule has 0 unspecified atom stereocenters. The zero-order valence-corrected chi connectivity index (χ0v) is 14.2. The quantitative estimate of drug-likeness (QED) is 0.625. The first-order chi connectivity index (χ1) is 10.9. The maximum Gasteiger partial charge on any atom is 0.309 e. The number of ether oxygens (including phenoxy) is 1. The number of piperidine rings is 1. The minimum absolute atomic E-state index is 0.00655. The second-order valence-electron chi connectivity index (χ2n) is 6.16. The molecule has 0 radical (unpaired) electrons. The van der Waals surface area contributed by atoms with Crippen LogP contribution in [0.3, 0.4) is 0 Å². The lowest BCUT2D eigenvalue weighted by atomic mass is 9.98. The Bertz CT molecular complexity index is 523. The summed E-state index contributed by atoms with van der Waals surface area (Å²) in [5.74, 6) is -1.09. The van der Waals surface area contributed by atoms with Gasteiger partial charge in [0.15, 0.2) is 0 Å². The zero-order valence-electron chi connectivity index (χ0n) is 13.4. The molecule has 9 heteroatoms. The van der Waals surface area contributed by atoms with Gasteiger partial charge in [0.25, 0.3) is 0 Å². The summed E-state index contributed by atoms with van der Waals surface area (Å²) in [6.45, 7) is 2.39. The number of carbonyl (C=O) groups is 2. The molecule has 0 aromatic rings. The van der Waals surface area contributed by atoms with Crippen molar-refractivity contribution in [3.63, 3.8) is 0 Å². The predicted octanol–water partition coefficient (Wildman–Crippen LogP) is -0.931. The van der Waals surface area contributed by atoms with Crippen LogP contribution in [0, 0.1) is 5.92 Å². The molecule has 2 rings (SSSR count). The van der Waals surface area contributed by atoms with Gasteiger partial charge in [0.1, 0.15) is 0 Å². The summed E-state index contributed by atoms with van der Waals surface area (Å²) < 4.78 is 29.7. The number of rotatable bonds is 5. The van der Waals surface area contributed by atoms with Gasteiger partial charge < -0.3 is 15.4 Å². The third kappa shape index (κ3) is 5.74. The molecule has 0 spiro atoms. The van der Waals surface area contributed by atoms with Crippen molar-refractivity contribution >= 4 is 21.8 Å². The van der Waals surface area contributed by atoms with Crippen molar-refractivity contribution in [3.8, 4) is 0 Å². The first kappa shape index (κ1) is 18.2. The fourth-order valence-corrected chi connectivity index (χ4v) is 3.73. The Hall–Kier alpha value is -1.19. The summed E-state index contributed by atoms with van der Waals surface area (Å²) in [6.07, 6.45) is 4.47. The van der Waals surface area contributed by atoms with Crippen LogP contribution < -0.4 is 10.6 Å². The van der Waals surface area contributed by atoms with Crippen molar-refractivity contribution < 1.29 is 22.7 Å². The summed E-state index contributed by atoms with van der Waals surface area (Å²) in [6, 6.07) is 0. The van der Waals surface area contributed by atoms with E-state index in [4.69, 9.17) is 4.74 Å². The molecule has 0 aromatic carbocycles. The van der Waals surface area contributed by atoms with E-state index in [1.807, 2.05) is 0 Å². The molecule has 2 aliphatic rings. The molecule has 0 bridgehead atoms. The molecule has 23 heavy (non-hydrogen) atoms. The molecule has 2 aliphatic heterocycles. The van der Waals surface area contributed by atoms with Gasteiger partial charge in [-0.3, -0.25) is 9.59 Å². The van der Waals surface area contributed by atoms with E-state index in [0.717, 1.165) is 12.8 Å². The molecule has 2 fully saturated rings. The third-order valence-corrected chi connectivity index (χ3v) is 5.62. The monoisotopic (exact) mass is 347 g/mol. The van der Waals surface area contributed by atoms with Crippen LogP contribution in [-0.2, 0) is 24.3 Å². The van der Waals surface area contributed by atoms with Gasteiger partial charge in [0, 0.05) is 32.8 Å². The van der Waals surface area contributed by atoms with E-state index in [9.17, 15) is 18.0 Å². The summed E-state index contributed by atoms with van der Waals surface area (Å²) in [5, 5.41) is 5.20. The largest absolute Gasteiger partial charge is 0.376 e. The Morgan fingerprint density at radius 1 is 1.09 bits per heavy atom. The minimum atomic E-state index is -3.14. The smallest absolute Gasteiger partial charge is 0.309 e. The Morgan fingerprint density at radius 3 is 2.22 bits per heavy atom. The Morgan fingerprint density at radius 2 is 1.70 bits per heavy atom. The fourth-order valence-electron chi connectivity index (χ4n) is 2.85. The molecule has 0 saturated carbocycles. The second kappa shape index (κ2) is 8.07. The van der Waals surface area contributed by atoms with Crippen molar-refractivity contribution in [2.45, 2.75) is 31.8 Å². The van der Waals surface area contributed by atoms with Crippen LogP contribution >= 0.6 is 0 Å². The van der Waals surface area contributed by atoms with E-state index >= 15 is 0 Å². The highest BCUT2D eigenvalue weighted by Gasteiger charge is 2.26. The maximum absolute atomic E-state index is 11.7. The molecule has 0 aliphatic carbocycles. The minimum Gasteiger partial charge on any atom is -0.376 e. The van der Waals surface area contributed by atoms with Crippen molar-refractivity contribution in [2.75, 3.05) is 39.0 Å². The number of amides is 2. The summed E-state index contributed by atoms with van der Waals surface area (Å²) in [4.78, 5) is 23.4. The predicted molar refractivity (Wildman–Crippen MR) is 84.1 cm³/mol. The average Bonchev–Trinajstić information content (AvgIpc) is 3.03. The van der Waals surface area contributed by atoms with E-state index in [-0.39, 0.29) is 12.0 Å². The second-order valence-corrected chi connectivity index (χ2v) is 8.14. The third-order valence-electron chi connectivity index (χ3n) is 4.31. The lowest BCUT2D eigenvalue weighted by molar-refractivity contribution is -0.139. The lowest BCUT2D eigenvalue weighted by Gasteiger charge is -2.30. The number of sulfonamides is 1. The van der Waals surface area contributed by atoms with Gasteiger partial charge in [-0.1, -0.05) is 0 Å². The van der Waals surface area contributed by atoms with Crippen LogP contribution in [0.5, 0.6) is 0 Å². The molecule has 2 heterocycles. The van der Waals surface area contributed by atoms with Gasteiger partial charge in [0.2, 0.25) is 10.0 Å². The zero-order chi connectivity index (χ0) is 16.9. The van der Waals surface area contributed by atoms with Gasteiger partial charge in [-0.05, 0) is 31.6 Å². The van der Waals surface area contributed by atoms with Crippen LogP contribution in [-0.4, -0.2) is 69.7 Å². The molecule has 0 aromatic heterocycles. The van der Waals surface area contributed by atoms with Crippen LogP contribution in [0.4, 0.5) is 0 Å². The van der Waals surface area contributed by atoms with E-state index in [2.05, 4.69) is 10.6 Å². The van der Waals surface area contributed by atoms with E-state index in [0.29, 0.717) is 45.6 Å². The normalized spacial score (nSPS) is 23.6. The first-order valence-electron chi connectivity index (χ1n) is 7.99. The van der Waals surface area contributed by atoms with Crippen LogP contribution in [0.1, 0.15) is 25.7 Å². The SMILES string of the molecule is CS(=O)(=O)N1CCC(CNC(=O)C(=O)NC[C@H]2CCCO2)CC1. The van der Waals surface area contributed by atoms with Crippen molar-refractivity contribution in [2.24, 2.45) is 5.92 Å². The highest BCUT2D eigenvalue weighted by atomic mass is 32.2. The van der Waals surface area contributed by atoms with Crippen molar-refractivity contribution in [3.05, 3.63) is 0 Å². The van der Waals surface area contributed by atoms with Crippen molar-refractivity contribution in [1.29, 1.82) is 0 Å². The highest BCUT2D eigenvalue weighted by molar-refractivity contribution is 7.88. The maximum atomic E-state index is 11.7. The molecule has 1 atom stereocenters. The summed E-state index contributed by atoms with van der Waals surface area (Å²) in [5.41, 5.74) is 0. The molecular weight excluding hydrogens is 322 g/mol. The fraction of sp³-hybridized carbons (Fsp3) is 0.857. The average molecular weight is 347 g/mol. The Kier molecular flexibility index (Phi) is 6.37.